The van der Waals surface area contributed by atoms with Gasteiger partial charge in [-0.15, -0.1) is 0 Å². The molecule has 0 saturated heterocycles. The van der Waals surface area contributed by atoms with Crippen molar-refractivity contribution in [3.63, 3.8) is 0 Å². The van der Waals surface area contributed by atoms with Crippen molar-refractivity contribution in [2.24, 2.45) is 5.41 Å². The van der Waals surface area contributed by atoms with E-state index >= 15 is 0 Å². The number of sulfone groups is 1. The summed E-state index contributed by atoms with van der Waals surface area (Å²) in [5.74, 6) is -2.41. The largest absolute Gasteiger partial charge is 0.480 e. The first-order valence-corrected chi connectivity index (χ1v) is 8.97. The molecular formula is C17H12ClNO4S. The van der Waals surface area contributed by atoms with Gasteiger partial charge >= 0.3 is 5.97 Å². The summed E-state index contributed by atoms with van der Waals surface area (Å²) in [6, 6.07) is 15.6. The highest BCUT2D eigenvalue weighted by atomic mass is 35.5. The van der Waals surface area contributed by atoms with Crippen molar-refractivity contribution in [2.75, 3.05) is 0 Å². The van der Waals surface area contributed by atoms with Gasteiger partial charge < -0.3 is 5.11 Å². The van der Waals surface area contributed by atoms with Crippen molar-refractivity contribution >= 4 is 27.4 Å². The van der Waals surface area contributed by atoms with Crippen molar-refractivity contribution in [3.8, 4) is 6.07 Å². The summed E-state index contributed by atoms with van der Waals surface area (Å²) < 4.78 is 25.8. The van der Waals surface area contributed by atoms with Crippen LogP contribution >= 0.6 is 11.6 Å². The van der Waals surface area contributed by atoms with Crippen molar-refractivity contribution in [2.45, 2.75) is 16.1 Å². The molecule has 7 heteroatoms. The van der Waals surface area contributed by atoms with Crippen LogP contribution in [0, 0.1) is 16.7 Å². The Balaban J connectivity index is 2.16. The molecule has 3 atom stereocenters. The first kappa shape index (κ1) is 16.5. The second kappa shape index (κ2) is 5.62. The molecule has 3 rings (SSSR count). The van der Waals surface area contributed by atoms with Gasteiger partial charge in [-0.05, 0) is 29.8 Å². The van der Waals surface area contributed by atoms with E-state index in [1.54, 1.807) is 42.5 Å². The van der Waals surface area contributed by atoms with Gasteiger partial charge in [0.25, 0.3) is 0 Å². The first-order chi connectivity index (χ1) is 11.4. The van der Waals surface area contributed by atoms with Gasteiger partial charge in [0, 0.05) is 10.9 Å². The van der Waals surface area contributed by atoms with Gasteiger partial charge in [-0.3, -0.25) is 4.79 Å². The zero-order chi connectivity index (χ0) is 17.5. The molecule has 1 aliphatic carbocycles. The number of rotatable bonds is 4. The van der Waals surface area contributed by atoms with Gasteiger partial charge in [0.05, 0.1) is 11.0 Å². The summed E-state index contributed by atoms with van der Waals surface area (Å²) in [6.45, 7) is 0. The second-order valence-electron chi connectivity index (χ2n) is 5.60. The van der Waals surface area contributed by atoms with E-state index in [1.807, 2.05) is 0 Å². The third-order valence-electron chi connectivity index (χ3n) is 4.29. The molecule has 0 aliphatic heterocycles. The lowest BCUT2D eigenvalue weighted by Crippen LogP contribution is -2.22. The maximum atomic E-state index is 12.9. The maximum Gasteiger partial charge on any atom is 0.326 e. The lowest BCUT2D eigenvalue weighted by atomic mass is 10.0. The van der Waals surface area contributed by atoms with E-state index < -0.39 is 32.4 Å². The average molecular weight is 362 g/mol. The fraction of sp³-hybridized carbons (Fsp3) is 0.176. The van der Waals surface area contributed by atoms with Gasteiger partial charge in [0.15, 0.2) is 15.3 Å². The summed E-state index contributed by atoms with van der Waals surface area (Å²) in [5, 5.41) is 18.0. The summed E-state index contributed by atoms with van der Waals surface area (Å²) in [5.41, 5.74) is -1.59. The predicted molar refractivity (Wildman–Crippen MR) is 87.3 cm³/mol. The van der Waals surface area contributed by atoms with Crippen LogP contribution in [0.3, 0.4) is 0 Å². The van der Waals surface area contributed by atoms with E-state index in [9.17, 15) is 23.6 Å². The number of nitrogens with zero attached hydrogens (tertiary/aromatic N) is 1. The third-order valence-corrected chi connectivity index (χ3v) is 6.76. The van der Waals surface area contributed by atoms with Crippen LogP contribution in [0.2, 0.25) is 5.02 Å². The molecular weight excluding hydrogens is 350 g/mol. The zero-order valence-corrected chi connectivity index (χ0v) is 13.8. The Morgan fingerprint density at radius 2 is 1.83 bits per heavy atom. The maximum absolute atomic E-state index is 12.9. The number of carboxylic acid groups (broad SMARTS) is 1. The molecule has 0 radical (unpaired) electrons. The van der Waals surface area contributed by atoms with Crippen LogP contribution in [0.5, 0.6) is 0 Å². The smallest absolute Gasteiger partial charge is 0.326 e. The Kier molecular flexibility index (Phi) is 3.86. The molecule has 5 nitrogen and oxygen atoms in total. The Hall–Kier alpha value is -2.36. The molecule has 2 aromatic rings. The molecule has 0 spiro atoms. The number of halogens is 1. The number of aliphatic carboxylic acids is 1. The van der Waals surface area contributed by atoms with Crippen molar-refractivity contribution < 1.29 is 18.3 Å². The molecule has 24 heavy (non-hydrogen) atoms. The van der Waals surface area contributed by atoms with Crippen LogP contribution in [-0.2, 0) is 14.6 Å². The molecule has 0 aromatic heterocycles. The molecule has 0 unspecified atom stereocenters. The summed E-state index contributed by atoms with van der Waals surface area (Å²) >= 11 is 5.93. The Morgan fingerprint density at radius 1 is 1.17 bits per heavy atom. The Labute approximate surface area is 144 Å². The lowest BCUT2D eigenvalue weighted by Gasteiger charge is -2.04. The van der Waals surface area contributed by atoms with Gasteiger partial charge in [-0.25, -0.2) is 8.42 Å². The minimum atomic E-state index is -3.99. The van der Waals surface area contributed by atoms with E-state index in [-0.39, 0.29) is 4.90 Å². The molecule has 1 fully saturated rings. The van der Waals surface area contributed by atoms with Crippen molar-refractivity contribution in [3.05, 3.63) is 65.2 Å². The minimum Gasteiger partial charge on any atom is -0.480 e. The molecule has 2 aromatic carbocycles. The number of hydrogen-bond acceptors (Lipinski definition) is 4. The van der Waals surface area contributed by atoms with Crippen molar-refractivity contribution in [1.29, 1.82) is 5.26 Å². The molecule has 0 heterocycles. The Bertz CT molecular complexity index is 952. The third kappa shape index (κ3) is 2.29. The topological polar surface area (TPSA) is 95.2 Å². The summed E-state index contributed by atoms with van der Waals surface area (Å²) in [4.78, 5) is 11.8. The number of benzene rings is 2. The zero-order valence-electron chi connectivity index (χ0n) is 12.3. The number of nitriles is 1. The van der Waals surface area contributed by atoms with Crippen LogP contribution < -0.4 is 0 Å². The number of carbonyl (C=O) groups is 1. The first-order valence-electron chi connectivity index (χ1n) is 7.04. The fourth-order valence-electron chi connectivity index (χ4n) is 3.11. The lowest BCUT2D eigenvalue weighted by molar-refractivity contribution is -0.141. The van der Waals surface area contributed by atoms with Gasteiger partial charge in [0.2, 0.25) is 0 Å². The van der Waals surface area contributed by atoms with E-state index in [0.717, 1.165) is 0 Å². The Morgan fingerprint density at radius 3 is 2.38 bits per heavy atom. The highest BCUT2D eigenvalue weighted by Gasteiger charge is 2.77. The fourth-order valence-corrected chi connectivity index (χ4v) is 5.58. The van der Waals surface area contributed by atoms with E-state index in [4.69, 9.17) is 11.6 Å². The molecule has 1 N–H and O–H groups in total. The molecule has 0 bridgehead atoms. The van der Waals surface area contributed by atoms with Crippen LogP contribution in [0.4, 0.5) is 0 Å². The second-order valence-corrected chi connectivity index (χ2v) is 8.10. The predicted octanol–water partition coefficient (Wildman–Crippen LogP) is 2.87. The van der Waals surface area contributed by atoms with Gasteiger partial charge in [-0.1, -0.05) is 41.9 Å². The SMILES string of the molecule is N#C[C@]1(C(=O)O)[C@H](c2cccc(Cl)c2)[C@@H]1S(=O)(=O)c1ccccc1. The normalized spacial score (nSPS) is 25.7. The molecule has 0 amide bonds. The molecule has 122 valence electrons. The highest BCUT2D eigenvalue weighted by molar-refractivity contribution is 7.92. The van der Waals surface area contributed by atoms with E-state index in [1.165, 1.54) is 18.2 Å². The van der Waals surface area contributed by atoms with Crippen LogP contribution in [0.25, 0.3) is 0 Å². The van der Waals surface area contributed by atoms with Crippen LogP contribution in [0.15, 0.2) is 59.5 Å². The van der Waals surface area contributed by atoms with Gasteiger partial charge in [0.1, 0.15) is 5.25 Å². The average Bonchev–Trinajstić information content (AvgIpc) is 3.27. The minimum absolute atomic E-state index is 0.000373. The highest BCUT2D eigenvalue weighted by Crippen LogP contribution is 2.64. The number of carboxylic acids is 1. The standard InChI is InChI=1S/C17H12ClNO4S/c18-12-6-4-5-11(9-12)14-15(17(14,10-19)16(20)21)24(22,23)13-7-2-1-3-8-13/h1-9,14-15H,(H,20,21)/t14-,15+,17+/m1/s1. The summed E-state index contributed by atoms with van der Waals surface area (Å²) in [7, 11) is -3.99. The van der Waals surface area contributed by atoms with E-state index in [0.29, 0.717) is 10.6 Å². The molecule has 1 saturated carbocycles. The van der Waals surface area contributed by atoms with Crippen LogP contribution in [-0.4, -0.2) is 24.7 Å². The van der Waals surface area contributed by atoms with Crippen LogP contribution in [0.1, 0.15) is 11.5 Å². The van der Waals surface area contributed by atoms with E-state index in [2.05, 4.69) is 0 Å². The van der Waals surface area contributed by atoms with Gasteiger partial charge in [-0.2, -0.15) is 5.26 Å². The number of hydrogen-bond donors (Lipinski definition) is 1. The monoisotopic (exact) mass is 361 g/mol. The summed E-state index contributed by atoms with van der Waals surface area (Å²) in [6.07, 6.45) is 0. The quantitative estimate of drug-likeness (QED) is 0.903. The van der Waals surface area contributed by atoms with Crippen molar-refractivity contribution in [1.82, 2.24) is 0 Å². The molecule has 1 aliphatic rings.